The maximum atomic E-state index is 12.6. The molecule has 0 aliphatic carbocycles. The number of aliphatic hydroxyl groups is 1. The zero-order chi connectivity index (χ0) is 14.5. The van der Waals surface area contributed by atoms with Gasteiger partial charge in [0.25, 0.3) is 0 Å². The van der Waals surface area contributed by atoms with Gasteiger partial charge in [-0.15, -0.1) is 0 Å². The van der Waals surface area contributed by atoms with Crippen molar-refractivity contribution in [2.45, 2.75) is 31.6 Å². The highest BCUT2D eigenvalue weighted by atomic mass is 35.5. The third-order valence-corrected chi connectivity index (χ3v) is 5.15. The smallest absolute Gasteiger partial charge is 0.243 e. The van der Waals surface area contributed by atoms with Crippen molar-refractivity contribution in [1.82, 2.24) is 4.31 Å². The highest BCUT2D eigenvalue weighted by Gasteiger charge is 2.25. The van der Waals surface area contributed by atoms with Crippen molar-refractivity contribution in [2.24, 2.45) is 0 Å². The molecule has 0 atom stereocenters. The Kier molecular flexibility index (Phi) is 6.26. The van der Waals surface area contributed by atoms with Crippen molar-refractivity contribution < 1.29 is 13.5 Å². The van der Waals surface area contributed by atoms with Crippen LogP contribution in [0.3, 0.4) is 0 Å². The van der Waals surface area contributed by atoms with Gasteiger partial charge in [-0.3, -0.25) is 0 Å². The fraction of sp³-hybridized carbons (Fsp3) is 0.538. The van der Waals surface area contributed by atoms with Gasteiger partial charge in [0, 0.05) is 18.1 Å². The highest BCUT2D eigenvalue weighted by Crippen LogP contribution is 2.23. The second kappa shape index (κ2) is 7.24. The number of sulfonamides is 1. The molecule has 0 radical (unpaired) electrons. The number of rotatable bonds is 7. The molecule has 1 aromatic rings. The van der Waals surface area contributed by atoms with Gasteiger partial charge in [0.15, 0.2) is 0 Å². The Morgan fingerprint density at radius 3 is 2.58 bits per heavy atom. The summed E-state index contributed by atoms with van der Waals surface area (Å²) >= 11 is 5.88. The van der Waals surface area contributed by atoms with Crippen LogP contribution in [0.2, 0.25) is 5.02 Å². The number of hydrogen-bond acceptors (Lipinski definition) is 3. The SMILES string of the molecule is CCCCN(CCO)S(=O)(=O)c1cc(Cl)ccc1C. The summed E-state index contributed by atoms with van der Waals surface area (Å²) < 4.78 is 26.4. The first-order valence-electron chi connectivity index (χ1n) is 6.30. The lowest BCUT2D eigenvalue weighted by atomic mass is 10.2. The Labute approximate surface area is 120 Å². The van der Waals surface area contributed by atoms with Gasteiger partial charge in [0.05, 0.1) is 11.5 Å². The summed E-state index contributed by atoms with van der Waals surface area (Å²) in [6.45, 7) is 4.05. The van der Waals surface area contributed by atoms with E-state index in [1.165, 1.54) is 10.4 Å². The minimum Gasteiger partial charge on any atom is -0.395 e. The Hall–Kier alpha value is -0.620. The summed E-state index contributed by atoms with van der Waals surface area (Å²) in [5, 5.41) is 9.43. The Balaban J connectivity index is 3.14. The van der Waals surface area contributed by atoms with Crippen molar-refractivity contribution in [3.05, 3.63) is 28.8 Å². The molecule has 0 fully saturated rings. The zero-order valence-electron chi connectivity index (χ0n) is 11.3. The van der Waals surface area contributed by atoms with Gasteiger partial charge >= 0.3 is 0 Å². The second-order valence-corrected chi connectivity index (χ2v) is 6.73. The summed E-state index contributed by atoms with van der Waals surface area (Å²) in [7, 11) is -3.60. The van der Waals surface area contributed by atoms with Crippen molar-refractivity contribution in [3.63, 3.8) is 0 Å². The van der Waals surface area contributed by atoms with Crippen molar-refractivity contribution in [1.29, 1.82) is 0 Å². The van der Waals surface area contributed by atoms with Gasteiger partial charge in [0.1, 0.15) is 0 Å². The van der Waals surface area contributed by atoms with Crippen molar-refractivity contribution in [2.75, 3.05) is 19.7 Å². The monoisotopic (exact) mass is 305 g/mol. The second-order valence-electron chi connectivity index (χ2n) is 4.39. The van der Waals surface area contributed by atoms with E-state index in [9.17, 15) is 8.42 Å². The minimum atomic E-state index is -3.60. The normalized spacial score (nSPS) is 12.1. The molecule has 1 aromatic carbocycles. The molecule has 0 aliphatic rings. The van der Waals surface area contributed by atoms with Crippen LogP contribution in [0.5, 0.6) is 0 Å². The molecule has 0 aliphatic heterocycles. The topological polar surface area (TPSA) is 57.6 Å². The van der Waals surface area contributed by atoms with Crippen LogP contribution >= 0.6 is 11.6 Å². The van der Waals surface area contributed by atoms with E-state index in [-0.39, 0.29) is 18.0 Å². The molecule has 1 rings (SSSR count). The Morgan fingerprint density at radius 1 is 1.32 bits per heavy atom. The first-order valence-corrected chi connectivity index (χ1v) is 8.12. The van der Waals surface area contributed by atoms with Gasteiger partial charge < -0.3 is 5.11 Å². The molecule has 6 heteroatoms. The highest BCUT2D eigenvalue weighted by molar-refractivity contribution is 7.89. The van der Waals surface area contributed by atoms with E-state index >= 15 is 0 Å². The van der Waals surface area contributed by atoms with E-state index in [2.05, 4.69) is 0 Å². The molecule has 1 N–H and O–H groups in total. The van der Waals surface area contributed by atoms with Crippen LogP contribution in [-0.2, 0) is 10.0 Å². The first-order chi connectivity index (χ1) is 8.93. The van der Waals surface area contributed by atoms with Crippen LogP contribution in [0.4, 0.5) is 0 Å². The predicted molar refractivity (Wildman–Crippen MR) is 76.9 cm³/mol. The third kappa shape index (κ3) is 4.18. The minimum absolute atomic E-state index is 0.105. The summed E-state index contributed by atoms with van der Waals surface area (Å²) in [5.74, 6) is 0. The van der Waals surface area contributed by atoms with E-state index in [1.54, 1.807) is 19.1 Å². The molecular weight excluding hydrogens is 286 g/mol. The number of aliphatic hydroxyl groups excluding tert-OH is 1. The summed E-state index contributed by atoms with van der Waals surface area (Å²) in [4.78, 5) is 0.213. The van der Waals surface area contributed by atoms with Crippen molar-refractivity contribution >= 4 is 21.6 Å². The molecule has 19 heavy (non-hydrogen) atoms. The number of aryl methyl sites for hydroxylation is 1. The average molecular weight is 306 g/mol. The lowest BCUT2D eigenvalue weighted by Gasteiger charge is -2.22. The predicted octanol–water partition coefficient (Wildman–Crippen LogP) is 2.43. The van der Waals surface area contributed by atoms with Gasteiger partial charge in [-0.1, -0.05) is 31.0 Å². The van der Waals surface area contributed by atoms with Crippen LogP contribution < -0.4 is 0 Å². The molecule has 0 heterocycles. The molecule has 0 amide bonds. The molecular formula is C13H20ClNO3S. The maximum Gasteiger partial charge on any atom is 0.243 e. The maximum absolute atomic E-state index is 12.6. The van der Waals surface area contributed by atoms with Gasteiger partial charge in [0.2, 0.25) is 10.0 Å². The Bertz CT molecular complexity index is 517. The molecule has 0 saturated heterocycles. The molecule has 4 nitrogen and oxygen atoms in total. The largest absolute Gasteiger partial charge is 0.395 e. The van der Waals surface area contributed by atoms with Crippen LogP contribution in [0.25, 0.3) is 0 Å². The molecule has 0 saturated carbocycles. The number of hydrogen-bond donors (Lipinski definition) is 1. The van der Waals surface area contributed by atoms with Gasteiger partial charge in [-0.25, -0.2) is 8.42 Å². The fourth-order valence-corrected chi connectivity index (χ4v) is 3.75. The summed E-state index contributed by atoms with van der Waals surface area (Å²) in [6, 6.07) is 4.81. The number of benzene rings is 1. The van der Waals surface area contributed by atoms with Crippen LogP contribution in [-0.4, -0.2) is 37.5 Å². The molecule has 108 valence electrons. The lowest BCUT2D eigenvalue weighted by Crippen LogP contribution is -2.34. The standard InChI is InChI=1S/C13H20ClNO3S/c1-3-4-7-15(8-9-16)19(17,18)13-10-12(14)6-5-11(13)2/h5-6,10,16H,3-4,7-9H2,1-2H3. The third-order valence-electron chi connectivity index (χ3n) is 2.88. The average Bonchev–Trinajstić information content (AvgIpc) is 2.37. The van der Waals surface area contributed by atoms with Crippen LogP contribution in [0.1, 0.15) is 25.3 Å². The van der Waals surface area contributed by atoms with Gasteiger partial charge in [-0.2, -0.15) is 4.31 Å². The van der Waals surface area contributed by atoms with E-state index < -0.39 is 10.0 Å². The first kappa shape index (κ1) is 16.4. The quantitative estimate of drug-likeness (QED) is 0.841. The zero-order valence-corrected chi connectivity index (χ0v) is 12.8. The fourth-order valence-electron chi connectivity index (χ4n) is 1.79. The van der Waals surface area contributed by atoms with E-state index in [1.807, 2.05) is 6.92 Å². The number of unbranched alkanes of at least 4 members (excludes halogenated alkanes) is 1. The van der Waals surface area contributed by atoms with Crippen LogP contribution in [0.15, 0.2) is 23.1 Å². The summed E-state index contributed by atoms with van der Waals surface area (Å²) in [5.41, 5.74) is 0.656. The van der Waals surface area contributed by atoms with Crippen LogP contribution in [0, 0.1) is 6.92 Å². The summed E-state index contributed by atoms with van der Waals surface area (Å²) in [6.07, 6.45) is 1.66. The lowest BCUT2D eigenvalue weighted by molar-refractivity contribution is 0.252. The number of nitrogens with zero attached hydrogens (tertiary/aromatic N) is 1. The molecule has 0 unspecified atom stereocenters. The Morgan fingerprint density at radius 2 is 2.00 bits per heavy atom. The molecule has 0 bridgehead atoms. The van der Waals surface area contributed by atoms with E-state index in [4.69, 9.17) is 16.7 Å². The molecule has 0 spiro atoms. The van der Waals surface area contributed by atoms with E-state index in [0.29, 0.717) is 17.1 Å². The number of halogens is 1. The van der Waals surface area contributed by atoms with Gasteiger partial charge in [-0.05, 0) is 31.0 Å². The van der Waals surface area contributed by atoms with Crippen molar-refractivity contribution in [3.8, 4) is 0 Å². The molecule has 0 aromatic heterocycles. The van der Waals surface area contributed by atoms with E-state index in [0.717, 1.165) is 12.8 Å².